The summed E-state index contributed by atoms with van der Waals surface area (Å²) >= 11 is 0. The maximum absolute atomic E-state index is 12.9. The van der Waals surface area contributed by atoms with Crippen molar-refractivity contribution in [3.63, 3.8) is 0 Å². The molecule has 0 atom stereocenters. The van der Waals surface area contributed by atoms with Crippen LogP contribution < -0.4 is 19.7 Å². The molecule has 30 heavy (non-hydrogen) atoms. The minimum atomic E-state index is -3.81. The van der Waals surface area contributed by atoms with E-state index in [1.807, 2.05) is 0 Å². The van der Waals surface area contributed by atoms with Crippen LogP contribution in [0.15, 0.2) is 47.4 Å². The molecule has 0 unspecified atom stereocenters. The lowest BCUT2D eigenvalue weighted by molar-refractivity contribution is -0.117. The van der Waals surface area contributed by atoms with Crippen molar-refractivity contribution >= 4 is 33.2 Å². The van der Waals surface area contributed by atoms with E-state index in [1.165, 1.54) is 25.3 Å². The number of methoxy groups -OCH3 is 1. The van der Waals surface area contributed by atoms with E-state index in [9.17, 15) is 18.0 Å². The molecule has 2 fully saturated rings. The van der Waals surface area contributed by atoms with Crippen LogP contribution >= 0.6 is 0 Å². The molecule has 2 aromatic rings. The molecular weight excluding hydrogens is 406 g/mol. The summed E-state index contributed by atoms with van der Waals surface area (Å²) in [7, 11) is -2.42. The summed E-state index contributed by atoms with van der Waals surface area (Å²) in [6.07, 6.45) is 2.85. The number of sulfonamides is 1. The fourth-order valence-corrected chi connectivity index (χ4v) is 4.92. The number of nitrogens with zero attached hydrogens (tertiary/aromatic N) is 1. The molecule has 2 aromatic carbocycles. The average Bonchev–Trinajstić information content (AvgIpc) is 3.44. The number of para-hydroxylation sites is 2. The van der Waals surface area contributed by atoms with Gasteiger partial charge < -0.3 is 15.0 Å². The fourth-order valence-electron chi connectivity index (χ4n) is 3.42. The zero-order chi connectivity index (χ0) is 21.3. The molecule has 158 valence electrons. The van der Waals surface area contributed by atoms with Crippen molar-refractivity contribution in [1.82, 2.24) is 4.72 Å². The third-order valence-electron chi connectivity index (χ3n) is 5.13. The third-order valence-corrected chi connectivity index (χ3v) is 6.67. The Bertz CT molecular complexity index is 1100. The molecule has 9 heteroatoms. The van der Waals surface area contributed by atoms with Crippen LogP contribution in [0.4, 0.5) is 11.4 Å². The van der Waals surface area contributed by atoms with Crippen molar-refractivity contribution in [2.45, 2.75) is 36.6 Å². The zero-order valence-electron chi connectivity index (χ0n) is 16.6. The number of anilines is 2. The number of carbonyl (C=O) groups is 2. The van der Waals surface area contributed by atoms with Gasteiger partial charge in [0.25, 0.3) is 5.91 Å². The van der Waals surface area contributed by atoms with Gasteiger partial charge in [0.05, 0.1) is 18.5 Å². The molecule has 2 N–H and O–H groups in total. The Morgan fingerprint density at radius 3 is 2.60 bits per heavy atom. The summed E-state index contributed by atoms with van der Waals surface area (Å²) in [5, 5.41) is 2.80. The van der Waals surface area contributed by atoms with E-state index in [2.05, 4.69) is 10.0 Å². The monoisotopic (exact) mass is 429 g/mol. The summed E-state index contributed by atoms with van der Waals surface area (Å²) < 4.78 is 33.2. The highest BCUT2D eigenvalue weighted by Gasteiger charge is 2.30. The van der Waals surface area contributed by atoms with Crippen LogP contribution in [0.25, 0.3) is 0 Å². The smallest absolute Gasteiger partial charge is 0.255 e. The van der Waals surface area contributed by atoms with Crippen LogP contribution in [-0.4, -0.2) is 39.9 Å². The molecule has 8 nitrogen and oxygen atoms in total. The van der Waals surface area contributed by atoms with E-state index in [0.717, 1.165) is 19.3 Å². The van der Waals surface area contributed by atoms with Gasteiger partial charge in [0.15, 0.2) is 0 Å². The molecule has 1 aliphatic heterocycles. The SMILES string of the molecule is COc1ccc(C(=O)Nc2ccccc2N2CCCC2=O)cc1S(=O)(=O)NC1CC1. The predicted molar refractivity (Wildman–Crippen MR) is 112 cm³/mol. The van der Waals surface area contributed by atoms with Gasteiger partial charge in [-0.15, -0.1) is 0 Å². The molecule has 0 spiro atoms. The van der Waals surface area contributed by atoms with E-state index in [1.54, 1.807) is 29.2 Å². The van der Waals surface area contributed by atoms with Crippen LogP contribution in [0.1, 0.15) is 36.0 Å². The number of amides is 2. The third kappa shape index (κ3) is 4.17. The summed E-state index contributed by atoms with van der Waals surface area (Å²) in [6.45, 7) is 0.601. The summed E-state index contributed by atoms with van der Waals surface area (Å²) in [5.41, 5.74) is 1.30. The molecule has 1 aliphatic carbocycles. The lowest BCUT2D eigenvalue weighted by Gasteiger charge is -2.20. The van der Waals surface area contributed by atoms with Crippen LogP contribution in [0, 0.1) is 0 Å². The Labute approximate surface area is 175 Å². The largest absolute Gasteiger partial charge is 0.495 e. The number of ether oxygens (including phenoxy) is 1. The van der Waals surface area contributed by atoms with E-state index in [-0.39, 0.29) is 28.2 Å². The second-order valence-corrected chi connectivity index (χ2v) is 9.06. The van der Waals surface area contributed by atoms with Gasteiger partial charge >= 0.3 is 0 Å². The average molecular weight is 429 g/mol. The lowest BCUT2D eigenvalue weighted by Crippen LogP contribution is -2.27. The Morgan fingerprint density at radius 1 is 1.17 bits per heavy atom. The highest BCUT2D eigenvalue weighted by Crippen LogP contribution is 2.31. The molecule has 2 amide bonds. The highest BCUT2D eigenvalue weighted by atomic mass is 32.2. The second-order valence-electron chi connectivity index (χ2n) is 7.38. The molecule has 0 radical (unpaired) electrons. The first-order valence-electron chi connectivity index (χ1n) is 9.80. The van der Waals surface area contributed by atoms with Crippen LogP contribution in [0.3, 0.4) is 0 Å². The normalized spacial score (nSPS) is 16.6. The Kier molecular flexibility index (Phi) is 5.48. The first kappa shape index (κ1) is 20.4. The van der Waals surface area contributed by atoms with Crippen LogP contribution in [0.5, 0.6) is 5.75 Å². The maximum atomic E-state index is 12.9. The van der Waals surface area contributed by atoms with Gasteiger partial charge in [0.1, 0.15) is 10.6 Å². The second kappa shape index (κ2) is 8.08. The van der Waals surface area contributed by atoms with Crippen LogP contribution in [-0.2, 0) is 14.8 Å². The Hall–Kier alpha value is -2.91. The predicted octanol–water partition coefficient (Wildman–Crippen LogP) is 2.52. The number of hydrogen-bond acceptors (Lipinski definition) is 5. The molecule has 4 rings (SSSR count). The van der Waals surface area contributed by atoms with Gasteiger partial charge in [-0.05, 0) is 49.6 Å². The Balaban J connectivity index is 1.62. The highest BCUT2D eigenvalue weighted by molar-refractivity contribution is 7.89. The van der Waals surface area contributed by atoms with E-state index in [0.29, 0.717) is 24.3 Å². The summed E-state index contributed by atoms with van der Waals surface area (Å²) in [4.78, 5) is 26.6. The van der Waals surface area contributed by atoms with Gasteiger partial charge in [0, 0.05) is 24.6 Å². The minimum Gasteiger partial charge on any atom is -0.495 e. The molecule has 2 aliphatic rings. The standard InChI is InChI=1S/C21H23N3O5S/c1-29-18-11-8-14(13-19(18)30(27,28)23-15-9-10-15)21(26)22-16-5-2-3-6-17(16)24-12-4-7-20(24)25/h2-3,5-6,8,11,13,15,23H,4,7,9-10,12H2,1H3,(H,22,26). The van der Waals surface area contributed by atoms with Gasteiger partial charge in [0.2, 0.25) is 15.9 Å². The first-order chi connectivity index (χ1) is 14.4. The van der Waals surface area contributed by atoms with Crippen molar-refractivity contribution in [2.75, 3.05) is 23.9 Å². The number of hydrogen-bond donors (Lipinski definition) is 2. The number of carbonyl (C=O) groups excluding carboxylic acids is 2. The maximum Gasteiger partial charge on any atom is 0.255 e. The molecule has 0 bridgehead atoms. The lowest BCUT2D eigenvalue weighted by atomic mass is 10.2. The van der Waals surface area contributed by atoms with E-state index < -0.39 is 15.9 Å². The van der Waals surface area contributed by atoms with Crippen molar-refractivity contribution in [1.29, 1.82) is 0 Å². The minimum absolute atomic E-state index is 0.0145. The zero-order valence-corrected chi connectivity index (χ0v) is 17.4. The van der Waals surface area contributed by atoms with Gasteiger partial charge in [-0.2, -0.15) is 0 Å². The molecule has 1 heterocycles. The summed E-state index contributed by atoms with van der Waals surface area (Å²) in [6, 6.07) is 11.3. The molecule has 0 aromatic heterocycles. The molecule has 1 saturated heterocycles. The summed E-state index contributed by atoms with van der Waals surface area (Å²) in [5.74, 6) is -0.289. The quantitative estimate of drug-likeness (QED) is 0.704. The number of benzene rings is 2. The molecule has 1 saturated carbocycles. The van der Waals surface area contributed by atoms with Gasteiger partial charge in [-0.3, -0.25) is 9.59 Å². The van der Waals surface area contributed by atoms with Crippen LogP contribution in [0.2, 0.25) is 0 Å². The number of nitrogens with one attached hydrogen (secondary N) is 2. The Morgan fingerprint density at radius 2 is 1.93 bits per heavy atom. The van der Waals surface area contributed by atoms with Crippen molar-refractivity contribution in [3.05, 3.63) is 48.0 Å². The number of rotatable bonds is 7. The topological polar surface area (TPSA) is 105 Å². The van der Waals surface area contributed by atoms with Gasteiger partial charge in [-0.25, -0.2) is 13.1 Å². The van der Waals surface area contributed by atoms with E-state index in [4.69, 9.17) is 4.74 Å². The van der Waals surface area contributed by atoms with Crippen molar-refractivity contribution < 1.29 is 22.7 Å². The first-order valence-corrected chi connectivity index (χ1v) is 11.3. The fraction of sp³-hybridized carbons (Fsp3) is 0.333. The van der Waals surface area contributed by atoms with E-state index >= 15 is 0 Å². The van der Waals surface area contributed by atoms with Crippen molar-refractivity contribution in [2.24, 2.45) is 0 Å². The van der Waals surface area contributed by atoms with Gasteiger partial charge in [-0.1, -0.05) is 12.1 Å². The van der Waals surface area contributed by atoms with Crippen molar-refractivity contribution in [3.8, 4) is 5.75 Å². The molecular formula is C21H23N3O5S.